The van der Waals surface area contributed by atoms with Crippen molar-refractivity contribution in [3.8, 4) is 11.3 Å². The van der Waals surface area contributed by atoms with Crippen LogP contribution in [0, 0.1) is 0 Å². The number of amides is 1. The predicted octanol–water partition coefficient (Wildman–Crippen LogP) is 4.56. The molecule has 1 amide bonds. The third-order valence-corrected chi connectivity index (χ3v) is 6.17. The Morgan fingerprint density at radius 2 is 1.88 bits per heavy atom. The standard InChI is InChI=1S/C25H21N5O2/c31-25(18-11-12-21-20(15-18)23(32-28-21)17-7-2-1-3-8-17)29-13-6-9-19(16-29)24-27-26-22-10-4-5-14-30(22)24/h1-5,7-8,10-12,14-15,19H,6,9,13,16H2. The number of carbonyl (C=O) groups is 1. The van der Waals surface area contributed by atoms with Gasteiger partial charge in [-0.25, -0.2) is 0 Å². The normalized spacial score (nSPS) is 16.6. The Labute approximate surface area is 184 Å². The predicted molar refractivity (Wildman–Crippen MR) is 120 cm³/mol. The van der Waals surface area contributed by atoms with Crippen LogP contribution in [0.1, 0.15) is 34.9 Å². The summed E-state index contributed by atoms with van der Waals surface area (Å²) >= 11 is 0. The van der Waals surface area contributed by atoms with Crippen LogP contribution in [0.25, 0.3) is 27.9 Å². The lowest BCUT2D eigenvalue weighted by Crippen LogP contribution is -2.39. The molecule has 7 heteroatoms. The number of fused-ring (bicyclic) bond motifs is 2. The van der Waals surface area contributed by atoms with Crippen LogP contribution in [0.2, 0.25) is 0 Å². The minimum absolute atomic E-state index is 0.0191. The van der Waals surface area contributed by atoms with Crippen LogP contribution in [-0.2, 0) is 0 Å². The molecule has 0 bridgehead atoms. The van der Waals surface area contributed by atoms with E-state index < -0.39 is 0 Å². The number of rotatable bonds is 3. The second-order valence-corrected chi connectivity index (χ2v) is 8.19. The SMILES string of the molecule is O=C(c1ccc2noc(-c3ccccc3)c2c1)N1CCCC(c2nnc3ccccn23)C1. The molecule has 0 N–H and O–H groups in total. The second-order valence-electron chi connectivity index (χ2n) is 8.19. The summed E-state index contributed by atoms with van der Waals surface area (Å²) in [7, 11) is 0. The maximum absolute atomic E-state index is 13.4. The summed E-state index contributed by atoms with van der Waals surface area (Å²) in [6.07, 6.45) is 3.90. The van der Waals surface area contributed by atoms with E-state index in [0.29, 0.717) is 17.9 Å². The summed E-state index contributed by atoms with van der Waals surface area (Å²) in [5, 5.41) is 13.7. The van der Waals surface area contributed by atoms with E-state index in [1.807, 2.05) is 82.2 Å². The Kier molecular flexibility index (Phi) is 4.45. The molecule has 7 nitrogen and oxygen atoms in total. The molecule has 1 unspecified atom stereocenters. The maximum Gasteiger partial charge on any atom is 0.253 e. The number of hydrogen-bond acceptors (Lipinski definition) is 5. The first kappa shape index (κ1) is 18.7. The van der Waals surface area contributed by atoms with E-state index in [1.54, 1.807) is 0 Å². The largest absolute Gasteiger partial charge is 0.355 e. The number of pyridine rings is 1. The Morgan fingerprint density at radius 3 is 2.78 bits per heavy atom. The first-order chi connectivity index (χ1) is 15.8. The fourth-order valence-electron chi connectivity index (χ4n) is 4.57. The molecule has 0 radical (unpaired) electrons. The van der Waals surface area contributed by atoms with Crippen LogP contribution in [0.15, 0.2) is 77.4 Å². The van der Waals surface area contributed by atoms with E-state index in [-0.39, 0.29) is 11.8 Å². The number of nitrogens with zero attached hydrogens (tertiary/aromatic N) is 5. The topological polar surface area (TPSA) is 76.5 Å². The Morgan fingerprint density at radius 1 is 1.00 bits per heavy atom. The molecule has 1 aliphatic rings. The average Bonchev–Trinajstić information content (AvgIpc) is 3.48. The number of aromatic nitrogens is 4. The van der Waals surface area contributed by atoms with E-state index in [4.69, 9.17) is 4.52 Å². The highest BCUT2D eigenvalue weighted by atomic mass is 16.5. The van der Waals surface area contributed by atoms with Crippen LogP contribution >= 0.6 is 0 Å². The van der Waals surface area contributed by atoms with Crippen molar-refractivity contribution in [3.05, 3.63) is 84.3 Å². The molecule has 1 aliphatic heterocycles. The third-order valence-electron chi connectivity index (χ3n) is 6.17. The number of benzene rings is 2. The zero-order chi connectivity index (χ0) is 21.5. The van der Waals surface area contributed by atoms with Gasteiger partial charge in [-0.3, -0.25) is 9.20 Å². The lowest BCUT2D eigenvalue weighted by Gasteiger charge is -2.32. The first-order valence-electron chi connectivity index (χ1n) is 10.8. The molecule has 3 aromatic heterocycles. The van der Waals surface area contributed by atoms with Crippen LogP contribution in [0.4, 0.5) is 0 Å². The van der Waals surface area contributed by atoms with Gasteiger partial charge in [0.2, 0.25) is 0 Å². The van der Waals surface area contributed by atoms with Crippen molar-refractivity contribution in [2.24, 2.45) is 0 Å². The van der Waals surface area contributed by atoms with Crippen molar-refractivity contribution in [2.45, 2.75) is 18.8 Å². The van der Waals surface area contributed by atoms with Gasteiger partial charge in [-0.15, -0.1) is 10.2 Å². The second kappa shape index (κ2) is 7.60. The highest BCUT2D eigenvalue weighted by molar-refractivity contribution is 6.01. The number of likely N-dealkylation sites (tertiary alicyclic amines) is 1. The molecular weight excluding hydrogens is 402 g/mol. The monoisotopic (exact) mass is 423 g/mol. The van der Waals surface area contributed by atoms with E-state index in [2.05, 4.69) is 15.4 Å². The molecule has 0 aliphatic carbocycles. The molecule has 32 heavy (non-hydrogen) atoms. The van der Waals surface area contributed by atoms with E-state index in [1.165, 1.54) is 0 Å². The quantitative estimate of drug-likeness (QED) is 0.425. The molecule has 2 aromatic carbocycles. The Bertz CT molecular complexity index is 1420. The van der Waals surface area contributed by atoms with Crippen molar-refractivity contribution in [2.75, 3.05) is 13.1 Å². The van der Waals surface area contributed by atoms with Crippen molar-refractivity contribution >= 4 is 22.5 Å². The fraction of sp³-hybridized carbons (Fsp3) is 0.200. The minimum Gasteiger partial charge on any atom is -0.355 e. The molecule has 5 aromatic rings. The van der Waals surface area contributed by atoms with Gasteiger partial charge in [0.15, 0.2) is 11.4 Å². The van der Waals surface area contributed by atoms with E-state index >= 15 is 0 Å². The maximum atomic E-state index is 13.4. The van der Waals surface area contributed by atoms with Gasteiger partial charge in [0.25, 0.3) is 5.91 Å². The molecule has 158 valence electrons. The Balaban J connectivity index is 1.30. The van der Waals surface area contributed by atoms with Gasteiger partial charge in [0, 0.05) is 36.3 Å². The lowest BCUT2D eigenvalue weighted by atomic mass is 9.96. The molecule has 6 rings (SSSR count). The zero-order valence-corrected chi connectivity index (χ0v) is 17.4. The molecule has 0 saturated carbocycles. The summed E-state index contributed by atoms with van der Waals surface area (Å²) in [6.45, 7) is 1.36. The third kappa shape index (κ3) is 3.13. The lowest BCUT2D eigenvalue weighted by molar-refractivity contribution is 0.0704. The summed E-state index contributed by atoms with van der Waals surface area (Å²) in [5.74, 6) is 1.77. The van der Waals surface area contributed by atoms with Gasteiger partial charge in [-0.05, 0) is 43.2 Å². The molecule has 1 fully saturated rings. The fourth-order valence-corrected chi connectivity index (χ4v) is 4.57. The van der Waals surface area contributed by atoms with Crippen molar-refractivity contribution in [3.63, 3.8) is 0 Å². The van der Waals surface area contributed by atoms with Gasteiger partial charge >= 0.3 is 0 Å². The van der Waals surface area contributed by atoms with Gasteiger partial charge in [-0.2, -0.15) is 0 Å². The van der Waals surface area contributed by atoms with Crippen molar-refractivity contribution < 1.29 is 9.32 Å². The number of piperidine rings is 1. The molecule has 1 atom stereocenters. The zero-order valence-electron chi connectivity index (χ0n) is 17.4. The van der Waals surface area contributed by atoms with Gasteiger partial charge in [0.1, 0.15) is 11.3 Å². The van der Waals surface area contributed by atoms with E-state index in [0.717, 1.165) is 47.3 Å². The van der Waals surface area contributed by atoms with Crippen molar-refractivity contribution in [1.29, 1.82) is 0 Å². The van der Waals surface area contributed by atoms with Gasteiger partial charge in [0.05, 0.1) is 5.39 Å². The minimum atomic E-state index is 0.0191. The number of hydrogen-bond donors (Lipinski definition) is 0. The first-order valence-corrected chi connectivity index (χ1v) is 10.8. The van der Waals surface area contributed by atoms with E-state index in [9.17, 15) is 4.79 Å². The highest BCUT2D eigenvalue weighted by Crippen LogP contribution is 2.31. The number of carbonyl (C=O) groups excluding carboxylic acids is 1. The smallest absolute Gasteiger partial charge is 0.253 e. The molecule has 1 saturated heterocycles. The molecule has 4 heterocycles. The molecule has 0 spiro atoms. The van der Waals surface area contributed by atoms with Crippen LogP contribution < -0.4 is 0 Å². The van der Waals surface area contributed by atoms with Gasteiger partial charge < -0.3 is 9.42 Å². The summed E-state index contributed by atoms with van der Waals surface area (Å²) < 4.78 is 7.62. The van der Waals surface area contributed by atoms with Gasteiger partial charge in [-0.1, -0.05) is 41.6 Å². The Hall–Kier alpha value is -4.00. The summed E-state index contributed by atoms with van der Waals surface area (Å²) in [6, 6.07) is 21.3. The highest BCUT2D eigenvalue weighted by Gasteiger charge is 2.29. The van der Waals surface area contributed by atoms with Crippen LogP contribution in [-0.4, -0.2) is 43.7 Å². The van der Waals surface area contributed by atoms with Crippen molar-refractivity contribution in [1.82, 2.24) is 24.7 Å². The molecular formula is C25H21N5O2. The summed E-state index contributed by atoms with van der Waals surface area (Å²) in [5.41, 5.74) is 3.16. The van der Waals surface area contributed by atoms with Crippen LogP contribution in [0.3, 0.4) is 0 Å². The summed E-state index contributed by atoms with van der Waals surface area (Å²) in [4.78, 5) is 15.3. The van der Waals surface area contributed by atoms with Crippen LogP contribution in [0.5, 0.6) is 0 Å². The average molecular weight is 423 g/mol.